The molecule has 0 spiro atoms. The van der Waals surface area contributed by atoms with Crippen molar-refractivity contribution in [3.8, 4) is 0 Å². The monoisotopic (exact) mass is 291 g/mol. The van der Waals surface area contributed by atoms with Gasteiger partial charge in [0, 0.05) is 32.4 Å². The molecule has 1 aromatic carbocycles. The number of rotatable bonds is 5. The van der Waals surface area contributed by atoms with Crippen molar-refractivity contribution in [2.45, 2.75) is 25.9 Å². The molecule has 0 aliphatic carbocycles. The van der Waals surface area contributed by atoms with Gasteiger partial charge < -0.3 is 20.3 Å². The molecule has 5 nitrogen and oxygen atoms in total. The Balaban J connectivity index is 1.94. The molecule has 0 aromatic heterocycles. The Morgan fingerprint density at radius 3 is 2.52 bits per heavy atom. The lowest BCUT2D eigenvalue weighted by atomic mass is 10.1. The second-order valence-corrected chi connectivity index (χ2v) is 5.47. The summed E-state index contributed by atoms with van der Waals surface area (Å²) in [5, 5.41) is 0. The van der Waals surface area contributed by atoms with Crippen molar-refractivity contribution in [3.63, 3.8) is 0 Å². The molecule has 1 aliphatic heterocycles. The molecule has 116 valence electrons. The summed E-state index contributed by atoms with van der Waals surface area (Å²) in [5.74, 6) is -0.00486. The molecular formula is C16H25N3O2. The molecule has 0 unspecified atom stereocenters. The number of amides is 1. The number of carbonyl (C=O) groups is 1. The Hall–Kier alpha value is -1.59. The van der Waals surface area contributed by atoms with Crippen LogP contribution in [0.25, 0.3) is 0 Å². The maximum Gasteiger partial charge on any atom is 0.239 e. The van der Waals surface area contributed by atoms with Crippen molar-refractivity contribution in [2.75, 3.05) is 38.3 Å². The van der Waals surface area contributed by atoms with Gasteiger partial charge in [-0.2, -0.15) is 0 Å². The van der Waals surface area contributed by atoms with Crippen molar-refractivity contribution in [2.24, 2.45) is 5.73 Å². The fourth-order valence-corrected chi connectivity index (χ4v) is 2.44. The van der Waals surface area contributed by atoms with Gasteiger partial charge >= 0.3 is 0 Å². The zero-order valence-electron chi connectivity index (χ0n) is 12.9. The maximum atomic E-state index is 12.0. The third-order valence-electron chi connectivity index (χ3n) is 3.87. The van der Waals surface area contributed by atoms with Crippen molar-refractivity contribution in [1.29, 1.82) is 0 Å². The molecule has 1 heterocycles. The van der Waals surface area contributed by atoms with E-state index < -0.39 is 6.04 Å². The number of carbonyl (C=O) groups excluding carboxylic acids is 1. The number of hydrogen-bond donors (Lipinski definition) is 1. The van der Waals surface area contributed by atoms with Crippen LogP contribution in [-0.4, -0.2) is 50.2 Å². The first kappa shape index (κ1) is 15.8. The molecule has 1 amide bonds. The number of anilines is 1. The highest BCUT2D eigenvalue weighted by atomic mass is 16.5. The van der Waals surface area contributed by atoms with E-state index in [1.807, 2.05) is 6.92 Å². The van der Waals surface area contributed by atoms with E-state index in [1.54, 1.807) is 11.9 Å². The molecular weight excluding hydrogens is 266 g/mol. The van der Waals surface area contributed by atoms with E-state index in [2.05, 4.69) is 29.2 Å². The fourth-order valence-electron chi connectivity index (χ4n) is 2.44. The highest BCUT2D eigenvalue weighted by molar-refractivity contribution is 5.81. The number of nitrogens with two attached hydrogens (primary N) is 1. The first-order valence-corrected chi connectivity index (χ1v) is 7.54. The molecule has 2 N–H and O–H groups in total. The molecule has 0 bridgehead atoms. The van der Waals surface area contributed by atoms with Crippen LogP contribution < -0.4 is 10.6 Å². The summed E-state index contributed by atoms with van der Waals surface area (Å²) in [6.45, 7) is 5.96. The van der Waals surface area contributed by atoms with Crippen LogP contribution in [0.5, 0.6) is 0 Å². The lowest BCUT2D eigenvalue weighted by Gasteiger charge is -2.29. The molecule has 1 atom stereocenters. The second kappa shape index (κ2) is 7.43. The van der Waals surface area contributed by atoms with E-state index >= 15 is 0 Å². The van der Waals surface area contributed by atoms with E-state index in [4.69, 9.17) is 10.5 Å². The summed E-state index contributed by atoms with van der Waals surface area (Å²) >= 11 is 0. The summed E-state index contributed by atoms with van der Waals surface area (Å²) < 4.78 is 5.36. The van der Waals surface area contributed by atoms with Gasteiger partial charge in [0.25, 0.3) is 0 Å². The molecule has 1 saturated heterocycles. The molecule has 0 radical (unpaired) electrons. The zero-order valence-corrected chi connectivity index (χ0v) is 12.9. The summed E-state index contributed by atoms with van der Waals surface area (Å²) in [6, 6.07) is 7.97. The number of morpholine rings is 1. The topological polar surface area (TPSA) is 58.8 Å². The van der Waals surface area contributed by atoms with E-state index in [0.29, 0.717) is 13.0 Å². The maximum absolute atomic E-state index is 12.0. The van der Waals surface area contributed by atoms with Crippen LogP contribution in [0.1, 0.15) is 18.9 Å². The van der Waals surface area contributed by atoms with Crippen LogP contribution in [-0.2, 0) is 16.1 Å². The predicted octanol–water partition coefficient (Wildman–Crippen LogP) is 1.22. The van der Waals surface area contributed by atoms with Crippen LogP contribution in [0, 0.1) is 0 Å². The zero-order chi connectivity index (χ0) is 15.2. The van der Waals surface area contributed by atoms with Gasteiger partial charge in [0.1, 0.15) is 0 Å². The largest absolute Gasteiger partial charge is 0.378 e. The normalized spacial score (nSPS) is 16.6. The molecule has 5 heteroatoms. The third-order valence-corrected chi connectivity index (χ3v) is 3.87. The summed E-state index contributed by atoms with van der Waals surface area (Å²) in [4.78, 5) is 16.0. The molecule has 1 fully saturated rings. The fraction of sp³-hybridized carbons (Fsp3) is 0.562. The first-order valence-electron chi connectivity index (χ1n) is 7.54. The SMILES string of the molecule is CC[C@@H](N)C(=O)N(C)Cc1ccc(N2CCOCC2)cc1. The number of benzene rings is 1. The lowest BCUT2D eigenvalue weighted by Crippen LogP contribution is -2.40. The smallest absolute Gasteiger partial charge is 0.239 e. The summed E-state index contributed by atoms with van der Waals surface area (Å²) in [5.41, 5.74) is 8.11. The molecule has 0 saturated carbocycles. The predicted molar refractivity (Wildman–Crippen MR) is 84.2 cm³/mol. The van der Waals surface area contributed by atoms with Crippen molar-refractivity contribution in [1.82, 2.24) is 4.90 Å². The van der Waals surface area contributed by atoms with Gasteiger partial charge in [-0.05, 0) is 24.1 Å². The van der Waals surface area contributed by atoms with Gasteiger partial charge in [0.2, 0.25) is 5.91 Å². The van der Waals surface area contributed by atoms with E-state index in [-0.39, 0.29) is 5.91 Å². The van der Waals surface area contributed by atoms with Crippen LogP contribution in [0.3, 0.4) is 0 Å². The van der Waals surface area contributed by atoms with Gasteiger partial charge in [-0.3, -0.25) is 4.79 Å². The number of likely N-dealkylation sites (N-methyl/N-ethyl adjacent to an activating group) is 1. The van der Waals surface area contributed by atoms with Crippen molar-refractivity contribution < 1.29 is 9.53 Å². The van der Waals surface area contributed by atoms with Gasteiger partial charge in [0.05, 0.1) is 19.3 Å². The Morgan fingerprint density at radius 1 is 1.33 bits per heavy atom. The number of ether oxygens (including phenoxy) is 1. The average molecular weight is 291 g/mol. The molecule has 21 heavy (non-hydrogen) atoms. The summed E-state index contributed by atoms with van der Waals surface area (Å²) in [7, 11) is 1.80. The lowest BCUT2D eigenvalue weighted by molar-refractivity contribution is -0.131. The average Bonchev–Trinajstić information content (AvgIpc) is 2.54. The second-order valence-electron chi connectivity index (χ2n) is 5.47. The molecule has 2 rings (SSSR count). The first-order chi connectivity index (χ1) is 10.1. The van der Waals surface area contributed by atoms with Crippen molar-refractivity contribution >= 4 is 11.6 Å². The standard InChI is InChI=1S/C16H25N3O2/c1-3-15(17)16(20)18(2)12-13-4-6-14(7-5-13)19-8-10-21-11-9-19/h4-7,15H,3,8-12,17H2,1-2H3/t15-/m1/s1. The Kier molecular flexibility index (Phi) is 5.59. The minimum atomic E-state index is -0.400. The van der Waals surface area contributed by atoms with Crippen LogP contribution >= 0.6 is 0 Å². The van der Waals surface area contributed by atoms with Gasteiger partial charge in [0.15, 0.2) is 0 Å². The van der Waals surface area contributed by atoms with Crippen LogP contribution in [0.4, 0.5) is 5.69 Å². The van der Waals surface area contributed by atoms with Gasteiger partial charge in [-0.25, -0.2) is 0 Å². The van der Waals surface area contributed by atoms with Crippen LogP contribution in [0.15, 0.2) is 24.3 Å². The molecule has 1 aromatic rings. The van der Waals surface area contributed by atoms with E-state index in [0.717, 1.165) is 31.9 Å². The van der Waals surface area contributed by atoms with Crippen molar-refractivity contribution in [3.05, 3.63) is 29.8 Å². The Bertz CT molecular complexity index is 455. The Labute approximate surface area is 126 Å². The number of hydrogen-bond acceptors (Lipinski definition) is 4. The summed E-state index contributed by atoms with van der Waals surface area (Å²) in [6.07, 6.45) is 0.666. The minimum Gasteiger partial charge on any atom is -0.378 e. The Morgan fingerprint density at radius 2 is 1.95 bits per heavy atom. The highest BCUT2D eigenvalue weighted by Gasteiger charge is 2.16. The third kappa shape index (κ3) is 4.19. The van der Waals surface area contributed by atoms with E-state index in [9.17, 15) is 4.79 Å². The van der Waals surface area contributed by atoms with Gasteiger partial charge in [-0.15, -0.1) is 0 Å². The quantitative estimate of drug-likeness (QED) is 0.886. The van der Waals surface area contributed by atoms with Gasteiger partial charge in [-0.1, -0.05) is 19.1 Å². The van der Waals surface area contributed by atoms with E-state index in [1.165, 1.54) is 5.69 Å². The number of nitrogens with zero attached hydrogens (tertiary/aromatic N) is 2. The highest BCUT2D eigenvalue weighted by Crippen LogP contribution is 2.17. The minimum absolute atomic E-state index is 0.00486. The molecule has 1 aliphatic rings. The van der Waals surface area contributed by atoms with Crippen LogP contribution in [0.2, 0.25) is 0 Å².